The van der Waals surface area contributed by atoms with Crippen LogP contribution in [-0.2, 0) is 6.42 Å². The number of amides is 1. The molecule has 0 saturated heterocycles. The molecule has 0 saturated carbocycles. The van der Waals surface area contributed by atoms with Crippen LogP contribution < -0.4 is 11.1 Å². The third-order valence-corrected chi connectivity index (χ3v) is 3.84. The lowest BCUT2D eigenvalue weighted by Gasteiger charge is -2.12. The van der Waals surface area contributed by atoms with Gasteiger partial charge in [0.15, 0.2) is 0 Å². The summed E-state index contributed by atoms with van der Waals surface area (Å²) in [6.45, 7) is 2.79. The molecule has 0 aliphatic carbocycles. The van der Waals surface area contributed by atoms with Crippen LogP contribution in [0.4, 0.5) is 5.69 Å². The van der Waals surface area contributed by atoms with E-state index in [1.54, 1.807) is 23.5 Å². The van der Waals surface area contributed by atoms with Crippen LogP contribution in [-0.4, -0.2) is 12.5 Å². The summed E-state index contributed by atoms with van der Waals surface area (Å²) in [6, 6.07) is 11.3. The van der Waals surface area contributed by atoms with Gasteiger partial charge in [-0.3, -0.25) is 4.79 Å². The molecule has 3 nitrogen and oxygen atoms in total. The average Bonchev–Trinajstić information content (AvgIpc) is 2.89. The predicted octanol–water partition coefficient (Wildman–Crippen LogP) is 2.94. The molecule has 1 unspecified atom stereocenters. The van der Waals surface area contributed by atoms with E-state index in [0.29, 0.717) is 23.7 Å². The van der Waals surface area contributed by atoms with Crippen LogP contribution in [0.15, 0.2) is 41.8 Å². The number of para-hydroxylation sites is 1. The summed E-state index contributed by atoms with van der Waals surface area (Å²) in [5.74, 6) is 0.309. The van der Waals surface area contributed by atoms with E-state index in [9.17, 15) is 4.79 Å². The van der Waals surface area contributed by atoms with Crippen molar-refractivity contribution in [1.82, 2.24) is 5.32 Å². The second-order valence-electron chi connectivity index (χ2n) is 4.69. The molecule has 0 fully saturated rings. The van der Waals surface area contributed by atoms with Gasteiger partial charge < -0.3 is 11.1 Å². The van der Waals surface area contributed by atoms with Crippen molar-refractivity contribution in [2.24, 2.45) is 5.92 Å². The molecule has 0 aliphatic heterocycles. The summed E-state index contributed by atoms with van der Waals surface area (Å²) in [5, 5.41) is 5.01. The van der Waals surface area contributed by atoms with Gasteiger partial charge in [-0.2, -0.15) is 0 Å². The minimum absolute atomic E-state index is 0.101. The minimum Gasteiger partial charge on any atom is -0.398 e. The molecule has 0 bridgehead atoms. The quantitative estimate of drug-likeness (QED) is 0.824. The number of hydrogen-bond acceptors (Lipinski definition) is 3. The van der Waals surface area contributed by atoms with Crippen LogP contribution >= 0.6 is 11.3 Å². The highest BCUT2D eigenvalue weighted by atomic mass is 32.1. The number of thiophene rings is 1. The maximum Gasteiger partial charge on any atom is 0.253 e. The number of carbonyl (C=O) groups excluding carboxylic acids is 1. The third kappa shape index (κ3) is 3.83. The Morgan fingerprint density at radius 1 is 1.32 bits per heavy atom. The number of anilines is 1. The van der Waals surface area contributed by atoms with Crippen LogP contribution in [0.2, 0.25) is 0 Å². The Balaban J connectivity index is 1.85. The van der Waals surface area contributed by atoms with Crippen LogP contribution in [0.5, 0.6) is 0 Å². The third-order valence-electron chi connectivity index (χ3n) is 2.95. The van der Waals surface area contributed by atoms with Crippen molar-refractivity contribution >= 4 is 22.9 Å². The number of hydrogen-bond donors (Lipinski definition) is 2. The van der Waals surface area contributed by atoms with Gasteiger partial charge in [0.2, 0.25) is 0 Å². The Labute approximate surface area is 117 Å². The summed E-state index contributed by atoms with van der Waals surface area (Å²) < 4.78 is 0. The molecule has 1 amide bonds. The summed E-state index contributed by atoms with van der Waals surface area (Å²) in [5.41, 5.74) is 6.84. The van der Waals surface area contributed by atoms with Crippen molar-refractivity contribution in [3.63, 3.8) is 0 Å². The second-order valence-corrected chi connectivity index (χ2v) is 5.72. The van der Waals surface area contributed by atoms with Crippen LogP contribution in [0.25, 0.3) is 0 Å². The lowest BCUT2D eigenvalue weighted by molar-refractivity contribution is 0.0949. The van der Waals surface area contributed by atoms with Crippen molar-refractivity contribution in [3.8, 4) is 0 Å². The zero-order valence-electron chi connectivity index (χ0n) is 10.9. The van der Waals surface area contributed by atoms with Crippen molar-refractivity contribution in [2.45, 2.75) is 13.3 Å². The molecule has 1 heterocycles. The van der Waals surface area contributed by atoms with E-state index in [-0.39, 0.29) is 5.91 Å². The highest BCUT2D eigenvalue weighted by molar-refractivity contribution is 7.09. The molecule has 2 aromatic rings. The fourth-order valence-corrected chi connectivity index (χ4v) is 2.78. The number of rotatable bonds is 5. The molecular formula is C15H18N2OS. The van der Waals surface area contributed by atoms with E-state index >= 15 is 0 Å². The van der Waals surface area contributed by atoms with E-state index in [1.807, 2.05) is 12.1 Å². The monoisotopic (exact) mass is 274 g/mol. The lowest BCUT2D eigenvalue weighted by atomic mass is 10.1. The first-order valence-electron chi connectivity index (χ1n) is 6.32. The largest absolute Gasteiger partial charge is 0.398 e. The maximum atomic E-state index is 12.0. The summed E-state index contributed by atoms with van der Waals surface area (Å²) in [7, 11) is 0. The summed E-state index contributed by atoms with van der Waals surface area (Å²) >= 11 is 1.75. The van der Waals surface area contributed by atoms with Gasteiger partial charge in [0.05, 0.1) is 5.56 Å². The van der Waals surface area contributed by atoms with Gasteiger partial charge in [-0.15, -0.1) is 11.3 Å². The topological polar surface area (TPSA) is 55.1 Å². The van der Waals surface area contributed by atoms with Gasteiger partial charge in [0.1, 0.15) is 0 Å². The van der Waals surface area contributed by atoms with Crippen molar-refractivity contribution in [2.75, 3.05) is 12.3 Å². The smallest absolute Gasteiger partial charge is 0.253 e. The van der Waals surface area contributed by atoms with E-state index < -0.39 is 0 Å². The Hall–Kier alpha value is -1.81. The zero-order chi connectivity index (χ0) is 13.7. The normalized spacial score (nSPS) is 12.1. The van der Waals surface area contributed by atoms with Gasteiger partial charge in [0, 0.05) is 17.1 Å². The number of benzene rings is 1. The molecule has 1 aromatic heterocycles. The van der Waals surface area contributed by atoms with Crippen LogP contribution in [0.1, 0.15) is 22.2 Å². The highest BCUT2D eigenvalue weighted by Gasteiger charge is 2.10. The van der Waals surface area contributed by atoms with E-state index in [4.69, 9.17) is 5.73 Å². The SMILES string of the molecule is CC(CNC(=O)c1ccccc1N)Cc1cccs1. The van der Waals surface area contributed by atoms with Gasteiger partial charge in [0.25, 0.3) is 5.91 Å². The molecule has 3 N–H and O–H groups in total. The number of nitrogen functional groups attached to an aromatic ring is 1. The Morgan fingerprint density at radius 2 is 2.11 bits per heavy atom. The molecule has 19 heavy (non-hydrogen) atoms. The fraction of sp³-hybridized carbons (Fsp3) is 0.267. The van der Waals surface area contributed by atoms with E-state index in [1.165, 1.54) is 4.88 Å². The average molecular weight is 274 g/mol. The first-order chi connectivity index (χ1) is 9.16. The first-order valence-corrected chi connectivity index (χ1v) is 7.20. The van der Waals surface area contributed by atoms with Crippen molar-refractivity contribution in [3.05, 3.63) is 52.2 Å². The molecule has 100 valence electrons. The summed E-state index contributed by atoms with van der Waals surface area (Å²) in [6.07, 6.45) is 0.988. The second kappa shape index (κ2) is 6.38. The van der Waals surface area contributed by atoms with Crippen LogP contribution in [0.3, 0.4) is 0 Å². The van der Waals surface area contributed by atoms with Crippen LogP contribution in [0, 0.1) is 5.92 Å². The highest BCUT2D eigenvalue weighted by Crippen LogP contribution is 2.14. The Kier molecular flexibility index (Phi) is 4.58. The first kappa shape index (κ1) is 13.6. The molecule has 2 rings (SSSR count). The van der Waals surface area contributed by atoms with Gasteiger partial charge in [-0.25, -0.2) is 0 Å². The predicted molar refractivity (Wildman–Crippen MR) is 80.4 cm³/mol. The molecule has 0 aliphatic rings. The zero-order valence-corrected chi connectivity index (χ0v) is 11.7. The van der Waals surface area contributed by atoms with E-state index in [2.05, 4.69) is 29.8 Å². The lowest BCUT2D eigenvalue weighted by Crippen LogP contribution is -2.29. The Morgan fingerprint density at radius 3 is 2.79 bits per heavy atom. The maximum absolute atomic E-state index is 12.0. The number of nitrogens with two attached hydrogens (primary N) is 1. The number of nitrogens with one attached hydrogen (secondary N) is 1. The van der Waals surface area contributed by atoms with Gasteiger partial charge >= 0.3 is 0 Å². The molecule has 1 atom stereocenters. The van der Waals surface area contributed by atoms with E-state index in [0.717, 1.165) is 6.42 Å². The van der Waals surface area contributed by atoms with Crippen molar-refractivity contribution < 1.29 is 4.79 Å². The number of carbonyl (C=O) groups is 1. The molecular weight excluding hydrogens is 256 g/mol. The Bertz CT molecular complexity index is 537. The van der Waals surface area contributed by atoms with Crippen molar-refractivity contribution in [1.29, 1.82) is 0 Å². The molecule has 4 heteroatoms. The molecule has 0 spiro atoms. The van der Waals surface area contributed by atoms with Gasteiger partial charge in [-0.1, -0.05) is 25.1 Å². The molecule has 1 aromatic carbocycles. The minimum atomic E-state index is -0.101. The van der Waals surface area contributed by atoms with Gasteiger partial charge in [-0.05, 0) is 35.9 Å². The fourth-order valence-electron chi connectivity index (χ4n) is 1.91. The standard InChI is InChI=1S/C15H18N2OS/c1-11(9-12-5-4-8-19-12)10-17-15(18)13-6-2-3-7-14(13)16/h2-8,11H,9-10,16H2,1H3,(H,17,18). The molecule has 0 radical (unpaired) electrons. The summed E-state index contributed by atoms with van der Waals surface area (Å²) in [4.78, 5) is 13.3.